The van der Waals surface area contributed by atoms with Crippen LogP contribution in [0.4, 0.5) is 4.39 Å². The predicted octanol–water partition coefficient (Wildman–Crippen LogP) is 2.27. The quantitative estimate of drug-likeness (QED) is 0.907. The first kappa shape index (κ1) is 16.0. The highest BCUT2D eigenvalue weighted by Gasteiger charge is 2.39. The summed E-state index contributed by atoms with van der Waals surface area (Å²) in [7, 11) is 1.57. The number of fused-ring (bicyclic) bond motifs is 1. The number of rotatable bonds is 4. The third-order valence-electron chi connectivity index (χ3n) is 4.62. The van der Waals surface area contributed by atoms with Crippen molar-refractivity contribution in [3.8, 4) is 0 Å². The highest BCUT2D eigenvalue weighted by Crippen LogP contribution is 2.27. The van der Waals surface area contributed by atoms with Crippen LogP contribution in [0.3, 0.4) is 0 Å². The number of hydrogen-bond donors (Lipinski definition) is 2. The van der Waals surface area contributed by atoms with Crippen LogP contribution in [-0.2, 0) is 16.1 Å². The van der Waals surface area contributed by atoms with Crippen molar-refractivity contribution in [1.29, 1.82) is 0 Å². The second-order valence-electron chi connectivity index (χ2n) is 5.92. The molecule has 6 heteroatoms. The first-order chi connectivity index (χ1) is 11.1. The fourth-order valence-electron chi connectivity index (χ4n) is 3.09. The number of carbonyl (C=O) groups is 1. The predicted molar refractivity (Wildman–Crippen MR) is 84.6 cm³/mol. The van der Waals surface area contributed by atoms with Gasteiger partial charge in [0.15, 0.2) is 0 Å². The highest BCUT2D eigenvalue weighted by molar-refractivity contribution is 5.86. The van der Waals surface area contributed by atoms with E-state index in [1.165, 1.54) is 12.1 Å². The van der Waals surface area contributed by atoms with Crippen LogP contribution in [0.5, 0.6) is 0 Å². The van der Waals surface area contributed by atoms with Gasteiger partial charge >= 0.3 is 0 Å². The Morgan fingerprint density at radius 2 is 2.17 bits per heavy atom. The first-order valence-electron chi connectivity index (χ1n) is 7.77. The highest BCUT2D eigenvalue weighted by atomic mass is 19.1. The number of halogens is 1. The van der Waals surface area contributed by atoms with Gasteiger partial charge in [-0.15, -0.1) is 0 Å². The number of nitrogens with one attached hydrogen (secondary N) is 2. The minimum absolute atomic E-state index is 0.132. The van der Waals surface area contributed by atoms with Crippen molar-refractivity contribution in [1.82, 2.24) is 10.6 Å². The Labute approximate surface area is 134 Å². The summed E-state index contributed by atoms with van der Waals surface area (Å²) in [5.74, 6) is 0.205. The lowest BCUT2D eigenvalue weighted by Crippen LogP contribution is -2.53. The monoisotopic (exact) mass is 320 g/mol. The molecule has 3 rings (SSSR count). The van der Waals surface area contributed by atoms with E-state index in [4.69, 9.17) is 9.15 Å². The number of benzene rings is 1. The third kappa shape index (κ3) is 2.96. The lowest BCUT2D eigenvalue weighted by atomic mass is 9.91. The topological polar surface area (TPSA) is 63.5 Å². The van der Waals surface area contributed by atoms with E-state index in [1.807, 2.05) is 6.92 Å². The van der Waals surface area contributed by atoms with Crippen LogP contribution in [0.2, 0.25) is 0 Å². The molecule has 0 saturated carbocycles. The Bertz CT molecular complexity index is 720. The Balaban J connectivity index is 1.75. The maximum Gasteiger partial charge on any atom is 0.252 e. The van der Waals surface area contributed by atoms with E-state index in [2.05, 4.69) is 10.6 Å². The molecule has 1 aromatic heterocycles. The van der Waals surface area contributed by atoms with Crippen LogP contribution in [0.25, 0.3) is 11.0 Å². The van der Waals surface area contributed by atoms with Crippen LogP contribution in [0.15, 0.2) is 22.6 Å². The molecule has 0 bridgehead atoms. The molecule has 2 heterocycles. The van der Waals surface area contributed by atoms with Crippen molar-refractivity contribution in [2.75, 3.05) is 20.2 Å². The number of piperidine rings is 1. The lowest BCUT2D eigenvalue weighted by Gasteiger charge is -2.34. The number of ether oxygens (including phenoxy) is 1. The summed E-state index contributed by atoms with van der Waals surface area (Å²) in [5.41, 5.74) is 0.685. The van der Waals surface area contributed by atoms with Gasteiger partial charge in [0.1, 0.15) is 22.8 Å². The van der Waals surface area contributed by atoms with E-state index in [1.54, 1.807) is 13.2 Å². The zero-order valence-electron chi connectivity index (χ0n) is 13.4. The summed E-state index contributed by atoms with van der Waals surface area (Å²) < 4.78 is 24.6. The molecule has 0 unspecified atom stereocenters. The van der Waals surface area contributed by atoms with Gasteiger partial charge in [0.05, 0.1) is 6.54 Å². The minimum Gasteiger partial charge on any atom is -0.459 e. The number of aryl methyl sites for hydroxylation is 1. The maximum absolute atomic E-state index is 13.3. The summed E-state index contributed by atoms with van der Waals surface area (Å²) in [6, 6.07) is 4.41. The molecule has 2 N–H and O–H groups in total. The summed E-state index contributed by atoms with van der Waals surface area (Å²) in [6.07, 6.45) is 1.28. The van der Waals surface area contributed by atoms with E-state index in [-0.39, 0.29) is 18.3 Å². The summed E-state index contributed by atoms with van der Waals surface area (Å²) in [5, 5.41) is 6.85. The van der Waals surface area contributed by atoms with E-state index in [0.29, 0.717) is 24.2 Å². The standard InChI is InChI=1S/C17H21FN2O3/c1-11-13-9-12(18)3-4-14(13)23-15(11)10-20-16(21)17(22-2)5-7-19-8-6-17/h3-4,9,19H,5-8,10H2,1-2H3,(H,20,21). The fraction of sp³-hybridized carbons (Fsp3) is 0.471. The van der Waals surface area contributed by atoms with Crippen molar-refractivity contribution in [3.63, 3.8) is 0 Å². The largest absolute Gasteiger partial charge is 0.459 e. The molecule has 124 valence electrons. The van der Waals surface area contributed by atoms with Crippen molar-refractivity contribution >= 4 is 16.9 Å². The Morgan fingerprint density at radius 3 is 2.87 bits per heavy atom. The minimum atomic E-state index is -0.780. The molecule has 1 saturated heterocycles. The zero-order valence-corrected chi connectivity index (χ0v) is 13.4. The number of carbonyl (C=O) groups excluding carboxylic acids is 1. The van der Waals surface area contributed by atoms with Crippen molar-refractivity contribution in [2.45, 2.75) is 31.9 Å². The second kappa shape index (κ2) is 6.29. The first-order valence-corrected chi connectivity index (χ1v) is 7.77. The maximum atomic E-state index is 13.3. The van der Waals surface area contributed by atoms with Gasteiger partial charge in [-0.1, -0.05) is 0 Å². The number of amides is 1. The van der Waals surface area contributed by atoms with Crippen LogP contribution in [-0.4, -0.2) is 31.7 Å². The van der Waals surface area contributed by atoms with E-state index in [0.717, 1.165) is 24.0 Å². The van der Waals surface area contributed by atoms with Crippen LogP contribution < -0.4 is 10.6 Å². The number of methoxy groups -OCH3 is 1. The van der Waals surface area contributed by atoms with Gasteiger partial charge in [0.25, 0.3) is 5.91 Å². The normalized spacial score (nSPS) is 17.3. The van der Waals surface area contributed by atoms with Gasteiger partial charge in [-0.25, -0.2) is 4.39 Å². The molecule has 0 aliphatic carbocycles. The summed E-state index contributed by atoms with van der Waals surface area (Å²) >= 11 is 0. The third-order valence-corrected chi connectivity index (χ3v) is 4.62. The van der Waals surface area contributed by atoms with Gasteiger partial charge in [-0.3, -0.25) is 4.79 Å². The molecular weight excluding hydrogens is 299 g/mol. The van der Waals surface area contributed by atoms with Crippen LogP contribution in [0.1, 0.15) is 24.2 Å². The molecule has 0 radical (unpaired) electrons. The molecule has 0 atom stereocenters. The molecule has 23 heavy (non-hydrogen) atoms. The van der Waals surface area contributed by atoms with Gasteiger partial charge in [-0.05, 0) is 51.1 Å². The Hall–Kier alpha value is -1.92. The van der Waals surface area contributed by atoms with E-state index >= 15 is 0 Å². The lowest BCUT2D eigenvalue weighted by molar-refractivity contribution is -0.147. The molecular formula is C17H21FN2O3. The Morgan fingerprint density at radius 1 is 1.43 bits per heavy atom. The Kier molecular flexibility index (Phi) is 4.37. The molecule has 1 aromatic carbocycles. The van der Waals surface area contributed by atoms with Gasteiger partial charge in [0.2, 0.25) is 0 Å². The van der Waals surface area contributed by atoms with E-state index < -0.39 is 5.60 Å². The smallest absolute Gasteiger partial charge is 0.252 e. The average molecular weight is 320 g/mol. The van der Waals surface area contributed by atoms with Gasteiger partial charge in [-0.2, -0.15) is 0 Å². The van der Waals surface area contributed by atoms with Gasteiger partial charge < -0.3 is 19.8 Å². The summed E-state index contributed by atoms with van der Waals surface area (Å²) in [4.78, 5) is 12.5. The molecule has 0 spiro atoms. The SMILES string of the molecule is COC1(C(=O)NCc2oc3ccc(F)cc3c2C)CCNCC1. The van der Waals surface area contributed by atoms with Gasteiger partial charge in [0, 0.05) is 18.1 Å². The molecule has 1 aliphatic heterocycles. The van der Waals surface area contributed by atoms with E-state index in [9.17, 15) is 9.18 Å². The molecule has 1 aliphatic rings. The molecule has 2 aromatic rings. The summed E-state index contributed by atoms with van der Waals surface area (Å²) in [6.45, 7) is 3.64. The number of hydrogen-bond acceptors (Lipinski definition) is 4. The molecule has 5 nitrogen and oxygen atoms in total. The van der Waals surface area contributed by atoms with Crippen molar-refractivity contribution < 1.29 is 18.3 Å². The second-order valence-corrected chi connectivity index (χ2v) is 5.92. The molecule has 1 fully saturated rings. The fourth-order valence-corrected chi connectivity index (χ4v) is 3.09. The van der Waals surface area contributed by atoms with Crippen LogP contribution >= 0.6 is 0 Å². The zero-order chi connectivity index (χ0) is 16.4. The molecule has 1 amide bonds. The van der Waals surface area contributed by atoms with Crippen LogP contribution in [0, 0.1) is 12.7 Å². The average Bonchev–Trinajstić information content (AvgIpc) is 2.89. The van der Waals surface area contributed by atoms with Crippen molar-refractivity contribution in [3.05, 3.63) is 35.3 Å². The number of furan rings is 1. The van der Waals surface area contributed by atoms with Crippen molar-refractivity contribution in [2.24, 2.45) is 0 Å².